The third-order valence-electron chi connectivity index (χ3n) is 4.22. The average Bonchev–Trinajstić information content (AvgIpc) is 3.20. The van der Waals surface area contributed by atoms with Crippen LogP contribution in [0.4, 0.5) is 4.79 Å². The highest BCUT2D eigenvalue weighted by atomic mass is 16.5. The highest BCUT2D eigenvalue weighted by Gasteiger charge is 2.05. The van der Waals surface area contributed by atoms with Gasteiger partial charge in [0.25, 0.3) is 0 Å². The number of benzene rings is 2. The van der Waals surface area contributed by atoms with Crippen LogP contribution >= 0.6 is 0 Å². The van der Waals surface area contributed by atoms with Gasteiger partial charge in [-0.3, -0.25) is 0 Å². The standard InChI is InChI=1S/C21H25N5O2/c1-17-6-4-9-20(12-17)28-11-5-10-23-21(27)24-13-18-7-2-3-8-19(18)14-26-16-22-15-25-26/h2-4,6-9,12,15-16H,5,10-11,13-14H2,1H3,(H2,23,24,27). The van der Waals surface area contributed by atoms with Crippen LogP contribution in [0.1, 0.15) is 23.1 Å². The van der Waals surface area contributed by atoms with E-state index in [-0.39, 0.29) is 6.03 Å². The Morgan fingerprint density at radius 1 is 1.11 bits per heavy atom. The second-order valence-electron chi connectivity index (χ2n) is 6.49. The van der Waals surface area contributed by atoms with Gasteiger partial charge in [0.05, 0.1) is 13.2 Å². The van der Waals surface area contributed by atoms with Gasteiger partial charge in [-0.1, -0.05) is 36.4 Å². The zero-order valence-electron chi connectivity index (χ0n) is 16.0. The van der Waals surface area contributed by atoms with E-state index in [4.69, 9.17) is 4.74 Å². The van der Waals surface area contributed by atoms with Gasteiger partial charge in [-0.2, -0.15) is 5.10 Å². The number of carbonyl (C=O) groups is 1. The predicted octanol–water partition coefficient (Wildman–Crippen LogP) is 2.90. The van der Waals surface area contributed by atoms with E-state index in [9.17, 15) is 4.79 Å². The van der Waals surface area contributed by atoms with Crippen molar-refractivity contribution in [3.63, 3.8) is 0 Å². The Morgan fingerprint density at radius 3 is 2.75 bits per heavy atom. The maximum Gasteiger partial charge on any atom is 0.315 e. The number of urea groups is 1. The molecule has 0 unspecified atom stereocenters. The molecular formula is C21H25N5O2. The quantitative estimate of drug-likeness (QED) is 0.560. The van der Waals surface area contributed by atoms with Gasteiger partial charge in [0.1, 0.15) is 18.4 Å². The van der Waals surface area contributed by atoms with Gasteiger partial charge < -0.3 is 15.4 Å². The second kappa shape index (κ2) is 10.1. The summed E-state index contributed by atoms with van der Waals surface area (Å²) in [6.45, 7) is 4.22. The van der Waals surface area contributed by atoms with Crippen LogP contribution in [0.25, 0.3) is 0 Å². The Kier molecular flexibility index (Phi) is 7.01. The molecule has 28 heavy (non-hydrogen) atoms. The summed E-state index contributed by atoms with van der Waals surface area (Å²) >= 11 is 0. The van der Waals surface area contributed by atoms with Crippen LogP contribution in [0.15, 0.2) is 61.2 Å². The number of carbonyl (C=O) groups excluding carboxylic acids is 1. The first-order valence-corrected chi connectivity index (χ1v) is 9.31. The van der Waals surface area contributed by atoms with E-state index < -0.39 is 0 Å². The lowest BCUT2D eigenvalue weighted by Gasteiger charge is -2.12. The van der Waals surface area contributed by atoms with E-state index in [0.717, 1.165) is 23.3 Å². The molecule has 146 valence electrons. The number of ether oxygens (including phenoxy) is 1. The third-order valence-corrected chi connectivity index (χ3v) is 4.22. The summed E-state index contributed by atoms with van der Waals surface area (Å²) < 4.78 is 7.44. The molecule has 0 radical (unpaired) electrons. The SMILES string of the molecule is Cc1cccc(OCCCNC(=O)NCc2ccccc2Cn2cncn2)c1. The number of amides is 2. The molecule has 2 aromatic carbocycles. The van der Waals surface area contributed by atoms with Crippen molar-refractivity contribution in [2.45, 2.75) is 26.4 Å². The van der Waals surface area contributed by atoms with Gasteiger partial charge >= 0.3 is 6.03 Å². The number of hydrogen-bond acceptors (Lipinski definition) is 4. The first kappa shape index (κ1) is 19.4. The highest BCUT2D eigenvalue weighted by Crippen LogP contribution is 2.12. The molecule has 0 aliphatic heterocycles. The molecule has 0 atom stereocenters. The van der Waals surface area contributed by atoms with Gasteiger partial charge in [-0.05, 0) is 42.2 Å². The van der Waals surface area contributed by atoms with E-state index >= 15 is 0 Å². The Hall–Kier alpha value is -3.35. The van der Waals surface area contributed by atoms with Crippen LogP contribution in [0.3, 0.4) is 0 Å². The summed E-state index contributed by atoms with van der Waals surface area (Å²) in [5.74, 6) is 0.855. The molecule has 0 spiro atoms. The molecule has 0 bridgehead atoms. The number of aromatic nitrogens is 3. The summed E-state index contributed by atoms with van der Waals surface area (Å²) in [4.78, 5) is 16.0. The lowest BCUT2D eigenvalue weighted by molar-refractivity contribution is 0.238. The van der Waals surface area contributed by atoms with E-state index in [1.54, 1.807) is 11.0 Å². The molecule has 0 saturated heterocycles. The fourth-order valence-corrected chi connectivity index (χ4v) is 2.78. The first-order valence-electron chi connectivity index (χ1n) is 9.31. The van der Waals surface area contributed by atoms with Crippen molar-refractivity contribution in [2.75, 3.05) is 13.2 Å². The van der Waals surface area contributed by atoms with Crippen molar-refractivity contribution < 1.29 is 9.53 Å². The summed E-state index contributed by atoms with van der Waals surface area (Å²) in [6, 6.07) is 15.7. The first-order chi connectivity index (χ1) is 13.7. The van der Waals surface area contributed by atoms with Crippen LogP contribution in [0, 0.1) is 6.92 Å². The van der Waals surface area contributed by atoms with Gasteiger partial charge in [0.2, 0.25) is 0 Å². The molecule has 1 heterocycles. The number of hydrogen-bond donors (Lipinski definition) is 2. The Bertz CT molecular complexity index is 880. The molecular weight excluding hydrogens is 354 g/mol. The lowest BCUT2D eigenvalue weighted by Crippen LogP contribution is -2.36. The van der Waals surface area contributed by atoms with Crippen LogP contribution < -0.4 is 15.4 Å². The van der Waals surface area contributed by atoms with Crippen molar-refractivity contribution in [3.05, 3.63) is 77.9 Å². The van der Waals surface area contributed by atoms with Crippen LogP contribution in [0.5, 0.6) is 5.75 Å². The molecule has 2 amide bonds. The third kappa shape index (κ3) is 6.12. The molecule has 2 N–H and O–H groups in total. The molecule has 0 fully saturated rings. The highest BCUT2D eigenvalue weighted by molar-refractivity contribution is 5.73. The minimum absolute atomic E-state index is 0.189. The fraction of sp³-hybridized carbons (Fsp3) is 0.286. The van der Waals surface area contributed by atoms with E-state index in [2.05, 4.69) is 20.7 Å². The smallest absolute Gasteiger partial charge is 0.315 e. The number of aryl methyl sites for hydroxylation is 1. The van der Waals surface area contributed by atoms with E-state index in [1.165, 1.54) is 11.9 Å². The van der Waals surface area contributed by atoms with Crippen molar-refractivity contribution in [2.24, 2.45) is 0 Å². The minimum atomic E-state index is -0.189. The largest absolute Gasteiger partial charge is 0.494 e. The average molecular weight is 379 g/mol. The van der Waals surface area contributed by atoms with Gasteiger partial charge in [0, 0.05) is 13.1 Å². The Morgan fingerprint density at radius 2 is 1.96 bits per heavy atom. The Labute approximate surface area is 164 Å². The predicted molar refractivity (Wildman–Crippen MR) is 107 cm³/mol. The Balaban J connectivity index is 1.36. The van der Waals surface area contributed by atoms with Crippen LogP contribution in [-0.2, 0) is 13.1 Å². The monoisotopic (exact) mass is 379 g/mol. The fourth-order valence-electron chi connectivity index (χ4n) is 2.78. The van der Waals surface area contributed by atoms with Crippen LogP contribution in [0.2, 0.25) is 0 Å². The maximum absolute atomic E-state index is 12.0. The zero-order valence-corrected chi connectivity index (χ0v) is 16.0. The number of nitrogens with zero attached hydrogens (tertiary/aromatic N) is 3. The van der Waals surface area contributed by atoms with Crippen LogP contribution in [-0.4, -0.2) is 33.9 Å². The number of rotatable bonds is 9. The molecule has 7 heteroatoms. The summed E-state index contributed by atoms with van der Waals surface area (Å²) in [6.07, 6.45) is 3.93. The zero-order chi connectivity index (χ0) is 19.6. The molecule has 0 aliphatic rings. The van der Waals surface area contributed by atoms with E-state index in [0.29, 0.717) is 26.2 Å². The topological polar surface area (TPSA) is 81.1 Å². The van der Waals surface area contributed by atoms with Crippen molar-refractivity contribution in [1.29, 1.82) is 0 Å². The minimum Gasteiger partial charge on any atom is -0.494 e. The summed E-state index contributed by atoms with van der Waals surface area (Å²) in [5, 5.41) is 9.88. The van der Waals surface area contributed by atoms with Gasteiger partial charge in [-0.25, -0.2) is 14.5 Å². The van der Waals surface area contributed by atoms with Crippen molar-refractivity contribution in [1.82, 2.24) is 25.4 Å². The van der Waals surface area contributed by atoms with Gasteiger partial charge in [0.15, 0.2) is 0 Å². The molecule has 7 nitrogen and oxygen atoms in total. The molecule has 3 aromatic rings. The molecule has 1 aromatic heterocycles. The normalized spacial score (nSPS) is 10.5. The van der Waals surface area contributed by atoms with E-state index in [1.807, 2.05) is 55.5 Å². The number of nitrogens with one attached hydrogen (secondary N) is 2. The molecule has 3 rings (SSSR count). The summed E-state index contributed by atoms with van der Waals surface area (Å²) in [5.41, 5.74) is 3.31. The van der Waals surface area contributed by atoms with Crippen molar-refractivity contribution >= 4 is 6.03 Å². The summed E-state index contributed by atoms with van der Waals surface area (Å²) in [7, 11) is 0. The maximum atomic E-state index is 12.0. The molecule has 0 aliphatic carbocycles. The van der Waals surface area contributed by atoms with Crippen molar-refractivity contribution in [3.8, 4) is 5.75 Å². The van der Waals surface area contributed by atoms with Gasteiger partial charge in [-0.15, -0.1) is 0 Å². The lowest BCUT2D eigenvalue weighted by atomic mass is 10.1. The second-order valence-corrected chi connectivity index (χ2v) is 6.49. The molecule has 0 saturated carbocycles.